The second-order valence-electron chi connectivity index (χ2n) is 7.06. The van der Waals surface area contributed by atoms with Crippen molar-refractivity contribution >= 4 is 34.7 Å². The van der Waals surface area contributed by atoms with E-state index in [1.165, 1.54) is 22.2 Å². The molecule has 0 saturated heterocycles. The Morgan fingerprint density at radius 3 is 2.64 bits per heavy atom. The van der Waals surface area contributed by atoms with Crippen LogP contribution in [0.15, 0.2) is 34.8 Å². The van der Waals surface area contributed by atoms with Crippen molar-refractivity contribution in [3.05, 3.63) is 45.6 Å². The van der Waals surface area contributed by atoms with Crippen molar-refractivity contribution in [3.63, 3.8) is 0 Å². The molecule has 0 spiro atoms. The molecule has 1 amide bonds. The number of rotatable bonds is 7. The number of aryl methyl sites for hydroxylation is 3. The Bertz CT molecular complexity index is 975. The summed E-state index contributed by atoms with van der Waals surface area (Å²) in [5.41, 5.74) is 4.29. The summed E-state index contributed by atoms with van der Waals surface area (Å²) < 4.78 is 2.11. The fourth-order valence-corrected chi connectivity index (χ4v) is 4.55. The molecule has 2 heterocycles. The lowest BCUT2D eigenvalue weighted by Gasteiger charge is -2.13. The molecule has 1 N–H and O–H groups in total. The predicted octanol–water partition coefficient (Wildman–Crippen LogP) is 5.50. The molecule has 28 heavy (non-hydrogen) atoms. The highest BCUT2D eigenvalue weighted by Gasteiger charge is 2.18. The van der Waals surface area contributed by atoms with Crippen LogP contribution in [-0.4, -0.2) is 26.4 Å². The summed E-state index contributed by atoms with van der Waals surface area (Å²) in [4.78, 5) is 13.7. The van der Waals surface area contributed by atoms with Gasteiger partial charge < -0.3 is 5.32 Å². The van der Waals surface area contributed by atoms with E-state index in [2.05, 4.69) is 59.2 Å². The van der Waals surface area contributed by atoms with Gasteiger partial charge in [-0.3, -0.25) is 9.36 Å². The summed E-state index contributed by atoms with van der Waals surface area (Å²) in [5, 5.41) is 14.6. The number of nitrogens with zero attached hydrogens (tertiary/aromatic N) is 3. The number of carbonyl (C=O) groups is 1. The largest absolute Gasteiger partial charge is 0.325 e. The molecular weight excluding hydrogens is 388 g/mol. The number of anilines is 1. The standard InChI is InChI=1S/C21H26N4OS2/c1-6-18-10-16(11-27-18)20-23-24-21(25(20)13(2)3)28-12-19(26)22-17-8-7-14(4)15(5)9-17/h7-11,13H,6,12H2,1-5H3,(H,22,26). The van der Waals surface area contributed by atoms with E-state index in [0.29, 0.717) is 5.75 Å². The van der Waals surface area contributed by atoms with Crippen LogP contribution >= 0.6 is 23.1 Å². The minimum absolute atomic E-state index is 0.0445. The van der Waals surface area contributed by atoms with Gasteiger partial charge in [0.25, 0.3) is 0 Å². The zero-order valence-corrected chi connectivity index (χ0v) is 18.6. The normalized spacial score (nSPS) is 11.2. The molecule has 7 heteroatoms. The fraction of sp³-hybridized carbons (Fsp3) is 0.381. The van der Waals surface area contributed by atoms with Crippen LogP contribution in [0.25, 0.3) is 11.4 Å². The Kier molecular flexibility index (Phi) is 6.57. The molecule has 0 fully saturated rings. The van der Waals surface area contributed by atoms with Gasteiger partial charge >= 0.3 is 0 Å². The van der Waals surface area contributed by atoms with Crippen molar-refractivity contribution in [1.29, 1.82) is 0 Å². The highest BCUT2D eigenvalue weighted by Crippen LogP contribution is 2.30. The van der Waals surface area contributed by atoms with E-state index < -0.39 is 0 Å². The number of thioether (sulfide) groups is 1. The summed E-state index contributed by atoms with van der Waals surface area (Å²) in [6.45, 7) is 10.5. The predicted molar refractivity (Wildman–Crippen MR) is 118 cm³/mol. The van der Waals surface area contributed by atoms with Gasteiger partial charge in [-0.2, -0.15) is 0 Å². The molecule has 2 aromatic heterocycles. The summed E-state index contributed by atoms with van der Waals surface area (Å²) in [5.74, 6) is 1.11. The van der Waals surface area contributed by atoms with Crippen LogP contribution in [0.3, 0.4) is 0 Å². The quantitative estimate of drug-likeness (QED) is 0.519. The van der Waals surface area contributed by atoms with Crippen LogP contribution < -0.4 is 5.32 Å². The van der Waals surface area contributed by atoms with Gasteiger partial charge in [0.1, 0.15) is 0 Å². The maximum atomic E-state index is 12.4. The maximum absolute atomic E-state index is 12.4. The van der Waals surface area contributed by atoms with E-state index in [-0.39, 0.29) is 11.9 Å². The number of hydrogen-bond donors (Lipinski definition) is 1. The van der Waals surface area contributed by atoms with E-state index in [0.717, 1.165) is 34.2 Å². The molecular formula is C21H26N4OS2. The highest BCUT2D eigenvalue weighted by atomic mass is 32.2. The van der Waals surface area contributed by atoms with Crippen LogP contribution in [0.1, 0.15) is 42.8 Å². The lowest BCUT2D eigenvalue weighted by Crippen LogP contribution is -2.15. The van der Waals surface area contributed by atoms with E-state index in [1.54, 1.807) is 11.3 Å². The third-order valence-electron chi connectivity index (χ3n) is 4.56. The molecule has 0 bridgehead atoms. The van der Waals surface area contributed by atoms with Gasteiger partial charge in [0.05, 0.1) is 5.75 Å². The minimum Gasteiger partial charge on any atom is -0.325 e. The number of amides is 1. The Morgan fingerprint density at radius 1 is 1.21 bits per heavy atom. The Morgan fingerprint density at radius 2 is 2.00 bits per heavy atom. The molecule has 0 radical (unpaired) electrons. The van der Waals surface area contributed by atoms with Crippen LogP contribution in [0.2, 0.25) is 0 Å². The molecule has 0 atom stereocenters. The number of benzene rings is 1. The summed E-state index contributed by atoms with van der Waals surface area (Å²) in [7, 11) is 0. The van der Waals surface area contributed by atoms with E-state index in [9.17, 15) is 4.79 Å². The molecule has 1 aromatic carbocycles. The minimum atomic E-state index is -0.0445. The lowest BCUT2D eigenvalue weighted by atomic mass is 10.1. The van der Waals surface area contributed by atoms with Gasteiger partial charge in [0, 0.05) is 27.5 Å². The second kappa shape index (κ2) is 8.92. The van der Waals surface area contributed by atoms with Crippen LogP contribution in [0, 0.1) is 13.8 Å². The molecule has 0 aliphatic carbocycles. The first kappa shape index (κ1) is 20.6. The van der Waals surface area contributed by atoms with Crippen LogP contribution in [0.4, 0.5) is 5.69 Å². The van der Waals surface area contributed by atoms with Crippen molar-refractivity contribution < 1.29 is 4.79 Å². The second-order valence-corrected chi connectivity index (χ2v) is 9.00. The van der Waals surface area contributed by atoms with Gasteiger partial charge in [0.2, 0.25) is 5.91 Å². The number of thiophene rings is 1. The highest BCUT2D eigenvalue weighted by molar-refractivity contribution is 7.99. The first-order valence-electron chi connectivity index (χ1n) is 9.41. The van der Waals surface area contributed by atoms with Crippen molar-refractivity contribution in [1.82, 2.24) is 14.8 Å². The summed E-state index contributed by atoms with van der Waals surface area (Å²) >= 11 is 3.16. The molecule has 3 aromatic rings. The fourth-order valence-electron chi connectivity index (χ4n) is 2.87. The van der Waals surface area contributed by atoms with Gasteiger partial charge in [-0.25, -0.2) is 0 Å². The van der Waals surface area contributed by atoms with Gasteiger partial charge in [-0.15, -0.1) is 21.5 Å². The van der Waals surface area contributed by atoms with Crippen LogP contribution in [0.5, 0.6) is 0 Å². The number of hydrogen-bond acceptors (Lipinski definition) is 5. The van der Waals surface area contributed by atoms with Crippen molar-refractivity contribution in [2.45, 2.75) is 52.2 Å². The smallest absolute Gasteiger partial charge is 0.234 e. The summed E-state index contributed by atoms with van der Waals surface area (Å²) in [6, 6.07) is 8.33. The molecule has 148 valence electrons. The number of carbonyl (C=O) groups excluding carboxylic acids is 1. The molecule has 0 unspecified atom stereocenters. The third-order valence-corrected chi connectivity index (χ3v) is 6.59. The molecule has 3 rings (SSSR count). The van der Waals surface area contributed by atoms with Crippen molar-refractivity contribution in [2.75, 3.05) is 11.1 Å². The third kappa shape index (κ3) is 4.64. The average Bonchev–Trinajstić information content (AvgIpc) is 3.29. The van der Waals surface area contributed by atoms with E-state index in [1.807, 2.05) is 25.1 Å². The SMILES string of the molecule is CCc1cc(-c2nnc(SCC(=O)Nc3ccc(C)c(C)c3)n2C(C)C)cs1. The van der Waals surface area contributed by atoms with Gasteiger partial charge in [0.15, 0.2) is 11.0 Å². The monoisotopic (exact) mass is 414 g/mol. The Balaban J connectivity index is 1.71. The molecule has 5 nitrogen and oxygen atoms in total. The van der Waals surface area contributed by atoms with Crippen LogP contribution in [-0.2, 0) is 11.2 Å². The van der Waals surface area contributed by atoms with E-state index in [4.69, 9.17) is 0 Å². The maximum Gasteiger partial charge on any atom is 0.234 e. The molecule has 0 aliphatic heterocycles. The zero-order chi connectivity index (χ0) is 20.3. The number of nitrogens with one attached hydrogen (secondary N) is 1. The summed E-state index contributed by atoms with van der Waals surface area (Å²) in [6.07, 6.45) is 1.01. The Labute approximate surface area is 174 Å². The lowest BCUT2D eigenvalue weighted by molar-refractivity contribution is -0.113. The molecule has 0 aliphatic rings. The van der Waals surface area contributed by atoms with Gasteiger partial charge in [-0.05, 0) is 63.4 Å². The average molecular weight is 415 g/mol. The number of aromatic nitrogens is 3. The van der Waals surface area contributed by atoms with Crippen molar-refractivity contribution in [2.24, 2.45) is 0 Å². The first-order valence-corrected chi connectivity index (χ1v) is 11.3. The van der Waals surface area contributed by atoms with Crippen molar-refractivity contribution in [3.8, 4) is 11.4 Å². The first-order chi connectivity index (χ1) is 13.4. The van der Waals surface area contributed by atoms with Gasteiger partial charge in [-0.1, -0.05) is 24.8 Å². The van der Waals surface area contributed by atoms with E-state index >= 15 is 0 Å². The zero-order valence-electron chi connectivity index (χ0n) is 16.9. The molecule has 0 saturated carbocycles. The Hall–Kier alpha value is -2.12. The topological polar surface area (TPSA) is 59.8 Å².